The summed E-state index contributed by atoms with van der Waals surface area (Å²) in [6, 6.07) is 0. The Kier molecular flexibility index (Phi) is 127. The second kappa shape index (κ2) is 70.4. The molecule has 0 nitrogen and oxygen atoms in total. The van der Waals surface area contributed by atoms with Crippen LogP contribution in [-0.2, 0) is 0 Å². The first-order chi connectivity index (χ1) is 11.7. The van der Waals surface area contributed by atoms with E-state index >= 15 is 0 Å². The molecule has 0 amide bonds. The third-order valence-corrected chi connectivity index (χ3v) is 7.07. The summed E-state index contributed by atoms with van der Waals surface area (Å²) in [5, 5.41) is 0. The van der Waals surface area contributed by atoms with Gasteiger partial charge in [0.1, 0.15) is 0 Å². The van der Waals surface area contributed by atoms with Crippen molar-refractivity contribution < 1.29 is 0 Å². The van der Waals surface area contributed by atoms with Crippen LogP contribution >= 0.6 is 139 Å². The second-order valence-electron chi connectivity index (χ2n) is 3.71. The van der Waals surface area contributed by atoms with Gasteiger partial charge in [0.05, 0.1) is 0 Å². The molecule has 0 heterocycles. The van der Waals surface area contributed by atoms with Gasteiger partial charge in [-0.3, -0.25) is 0 Å². The van der Waals surface area contributed by atoms with Crippen molar-refractivity contribution in [3.63, 3.8) is 0 Å². The molecule has 156 valence electrons. The summed E-state index contributed by atoms with van der Waals surface area (Å²) in [5.41, 5.74) is 0. The summed E-state index contributed by atoms with van der Waals surface area (Å²) in [5.74, 6) is 0. The highest BCUT2D eigenvalue weighted by molar-refractivity contribution is 9.37. The van der Waals surface area contributed by atoms with Crippen LogP contribution in [0.5, 0.6) is 0 Å². The highest BCUT2D eigenvalue weighted by Crippen LogP contribution is 2.21. The van der Waals surface area contributed by atoms with Crippen molar-refractivity contribution in [2.45, 2.75) is 59.3 Å². The molecule has 0 aliphatic heterocycles. The fraction of sp³-hybridized carbons (Fsp3) is 1.00. The molecular weight excluding hydrogens is 809 g/mol. The van der Waals surface area contributed by atoms with E-state index in [4.69, 9.17) is 0 Å². The fourth-order valence-corrected chi connectivity index (χ4v) is 4.72. The molecule has 0 spiro atoms. The molecule has 12 heteroatoms. The Morgan fingerprint density at radius 2 is 0.667 bits per heavy atom. The Labute approximate surface area is 213 Å². The highest BCUT2D eigenvalue weighted by Gasteiger charge is 1.77. The van der Waals surface area contributed by atoms with Gasteiger partial charge in [-0.2, -0.15) is 0 Å². The monoisotopic (exact) mass is 840 g/mol. The van der Waals surface area contributed by atoms with Gasteiger partial charge in [-0.15, -0.1) is 0 Å². The van der Waals surface area contributed by atoms with E-state index in [1.165, 1.54) is 57.0 Å². The lowest BCUT2D eigenvalue weighted by Gasteiger charge is -1.85. The zero-order valence-electron chi connectivity index (χ0n) is 14.9. The van der Waals surface area contributed by atoms with E-state index in [0.717, 1.165) is 21.8 Å². The predicted octanol–water partition coefficient (Wildman–Crippen LogP) is 11.8. The van der Waals surface area contributed by atoms with Gasteiger partial charge in [0, 0.05) is 0 Å². The predicted molar refractivity (Wildman–Crippen MR) is 167 cm³/mol. The summed E-state index contributed by atoms with van der Waals surface area (Å²) in [7, 11) is 9.62. The maximum absolute atomic E-state index is 3.38. The summed E-state index contributed by atoms with van der Waals surface area (Å²) in [6.07, 6.45) is 12.2. The molecule has 24 heavy (non-hydrogen) atoms. The van der Waals surface area contributed by atoms with Crippen LogP contribution in [0.2, 0.25) is 0 Å². The molecular formula is C12H36Br6P6. The van der Waals surface area contributed by atoms with Gasteiger partial charge in [-0.1, -0.05) is 179 Å². The van der Waals surface area contributed by atoms with Crippen molar-refractivity contribution in [2.24, 2.45) is 0 Å². The molecule has 0 radical (unpaired) electrons. The molecule has 0 fully saturated rings. The largest absolute Gasteiger partial charge is 0.0679 e. The Balaban J connectivity index is -0.0000000436. The van der Waals surface area contributed by atoms with Crippen molar-refractivity contribution in [1.82, 2.24) is 0 Å². The van der Waals surface area contributed by atoms with Crippen molar-refractivity contribution >= 4 is 139 Å². The number of unbranched alkanes of at least 4 members (excludes halogenated alkanes) is 3. The minimum Gasteiger partial charge on any atom is -0.0679 e. The van der Waals surface area contributed by atoms with Gasteiger partial charge in [0.25, 0.3) is 0 Å². The zero-order valence-corrected chi connectivity index (χ0v) is 30.8. The Morgan fingerprint density at radius 1 is 0.500 bits per heavy atom. The lowest BCUT2D eigenvalue weighted by atomic mass is 10.4. The highest BCUT2D eigenvalue weighted by atomic mass is 79.9. The van der Waals surface area contributed by atoms with Crippen LogP contribution in [0, 0.1) is 0 Å². The third kappa shape index (κ3) is 91.9. The topological polar surface area (TPSA) is 0 Å². The van der Waals surface area contributed by atoms with E-state index in [0.29, 0.717) is 0 Å². The summed E-state index contributed by atoms with van der Waals surface area (Å²) < 4.78 is 0. The minimum absolute atomic E-state index is 0.977. The SMILES string of the molecule is CCCCPBr.CCCCPBr.CCCCPBr.PBr.PBr.PBr. The van der Waals surface area contributed by atoms with Crippen LogP contribution in [0.1, 0.15) is 59.3 Å². The van der Waals surface area contributed by atoms with Crippen LogP contribution in [0.4, 0.5) is 0 Å². The van der Waals surface area contributed by atoms with Gasteiger partial charge in [0.2, 0.25) is 0 Å². The van der Waals surface area contributed by atoms with Crippen molar-refractivity contribution in [2.75, 3.05) is 18.5 Å². The second-order valence-corrected chi connectivity index (χ2v) is 11.1. The van der Waals surface area contributed by atoms with E-state index in [1.807, 2.05) is 0 Å². The van der Waals surface area contributed by atoms with Gasteiger partial charge < -0.3 is 0 Å². The maximum atomic E-state index is 3.38. The van der Waals surface area contributed by atoms with E-state index in [-0.39, 0.29) is 0 Å². The molecule has 6 atom stereocenters. The first kappa shape index (κ1) is 43.4. The molecule has 0 aliphatic rings. The molecule has 0 bridgehead atoms. The molecule has 0 saturated heterocycles. The van der Waals surface area contributed by atoms with E-state index in [2.05, 4.69) is 138 Å². The first-order valence-electron chi connectivity index (χ1n) is 7.40. The molecule has 0 rings (SSSR count). The first-order valence-corrected chi connectivity index (χ1v) is 27.3. The molecule has 0 aromatic carbocycles. The average Bonchev–Trinajstić information content (AvgIpc) is 2.68. The Morgan fingerprint density at radius 3 is 0.708 bits per heavy atom. The Hall–Kier alpha value is 5.46. The molecule has 6 unspecified atom stereocenters. The number of halogens is 6. The zero-order chi connectivity index (χ0) is 20.5. The lowest BCUT2D eigenvalue weighted by molar-refractivity contribution is 0.896. The van der Waals surface area contributed by atoms with Crippen LogP contribution in [-0.4, -0.2) is 18.5 Å². The van der Waals surface area contributed by atoms with Crippen LogP contribution in [0.25, 0.3) is 0 Å². The smallest absolute Gasteiger partial charge is 0.0255 e. The van der Waals surface area contributed by atoms with Crippen LogP contribution in [0.3, 0.4) is 0 Å². The summed E-state index contributed by atoms with van der Waals surface area (Å²) in [4.78, 5) is 0. The normalized spacial score (nSPS) is 9.00. The van der Waals surface area contributed by atoms with E-state index < -0.39 is 0 Å². The molecule has 0 aromatic heterocycles. The fourth-order valence-electron chi connectivity index (χ4n) is 0.731. The van der Waals surface area contributed by atoms with Gasteiger partial charge in [-0.05, 0) is 37.7 Å². The van der Waals surface area contributed by atoms with Crippen LogP contribution in [0.15, 0.2) is 0 Å². The quantitative estimate of drug-likeness (QED) is 0.160. The van der Waals surface area contributed by atoms with Gasteiger partial charge in [-0.25, -0.2) is 0 Å². The number of hydrogen-bond acceptors (Lipinski definition) is 0. The average molecular weight is 846 g/mol. The van der Waals surface area contributed by atoms with E-state index in [1.54, 1.807) is 0 Å². The van der Waals surface area contributed by atoms with E-state index in [9.17, 15) is 0 Å². The standard InChI is InChI=1S/3C4H10BrP.3BrH2P/c3*1-2-3-4-6-5;3*1-2/h3*6H,2-4H2,1H3;3*2H2. The Bertz CT molecular complexity index is 91.0. The maximum Gasteiger partial charge on any atom is -0.0255 e. The molecule has 0 aliphatic carbocycles. The molecule has 0 N–H and O–H groups in total. The minimum atomic E-state index is 0.977. The molecule has 0 aromatic rings. The summed E-state index contributed by atoms with van der Waals surface area (Å²) >= 11 is 18.7. The van der Waals surface area contributed by atoms with Crippen LogP contribution < -0.4 is 0 Å². The van der Waals surface area contributed by atoms with Crippen molar-refractivity contribution in [1.29, 1.82) is 0 Å². The number of rotatable bonds is 9. The summed E-state index contributed by atoms with van der Waals surface area (Å²) in [6.45, 7) is 6.65. The third-order valence-electron chi connectivity index (χ3n) is 1.87. The van der Waals surface area contributed by atoms with Crippen molar-refractivity contribution in [3.8, 4) is 0 Å². The molecule has 0 saturated carbocycles. The lowest BCUT2D eigenvalue weighted by Crippen LogP contribution is -1.66. The number of hydrogen-bond donors (Lipinski definition) is 0. The van der Waals surface area contributed by atoms with Gasteiger partial charge >= 0.3 is 0 Å². The van der Waals surface area contributed by atoms with Crippen molar-refractivity contribution in [3.05, 3.63) is 0 Å². The van der Waals surface area contributed by atoms with Gasteiger partial charge in [0.15, 0.2) is 0 Å².